The monoisotopic (exact) mass is 191 g/mol. The molecule has 0 unspecified atom stereocenters. The average Bonchev–Trinajstić information content (AvgIpc) is 1.90. The van der Waals surface area contributed by atoms with Crippen LogP contribution in [-0.4, -0.2) is 7.42 Å². The van der Waals surface area contributed by atoms with E-state index in [0.717, 1.165) is 0 Å². The van der Waals surface area contributed by atoms with Gasteiger partial charge in [0.25, 0.3) is 7.42 Å². The summed E-state index contributed by atoms with van der Waals surface area (Å²) in [6.45, 7) is 0. The highest BCUT2D eigenvalue weighted by atomic mass is 35.7. The maximum atomic E-state index is 8.29. The van der Waals surface area contributed by atoms with Crippen molar-refractivity contribution in [1.29, 1.82) is 10.5 Å². The molecule has 0 fully saturated rings. The summed E-state index contributed by atoms with van der Waals surface area (Å²) in [5, 5.41) is 16.6. The molecule has 0 rings (SSSR count). The van der Waals surface area contributed by atoms with E-state index in [1.807, 2.05) is 12.1 Å². The number of nitrogens with zero attached hydrogens (tertiary/aromatic N) is 2. The zero-order valence-corrected chi connectivity index (χ0v) is 7.65. The molecule has 0 amide bonds. The van der Waals surface area contributed by atoms with Crippen LogP contribution in [0.25, 0.3) is 0 Å². The van der Waals surface area contributed by atoms with E-state index in [0.29, 0.717) is 12.5 Å². The van der Waals surface area contributed by atoms with Crippen molar-refractivity contribution < 1.29 is 0 Å². The van der Waals surface area contributed by atoms with E-state index in [9.17, 15) is 0 Å². The fourth-order valence-corrected chi connectivity index (χ4v) is 1.57. The van der Waals surface area contributed by atoms with Crippen molar-refractivity contribution >= 4 is 29.6 Å². The molecule has 53 valence electrons. The molecule has 0 heterocycles. The fourth-order valence-electron chi connectivity index (χ4n) is 0.411. The molecule has 0 aliphatic carbocycles. The summed E-state index contributed by atoms with van der Waals surface area (Å²) < 4.78 is 0. The van der Waals surface area contributed by atoms with Crippen LogP contribution in [0.4, 0.5) is 0 Å². The Hall–Kier alpha value is -0.223. The van der Waals surface area contributed by atoms with Crippen molar-refractivity contribution in [2.24, 2.45) is 5.92 Å². The van der Waals surface area contributed by atoms with Crippen molar-refractivity contribution in [2.45, 2.75) is 12.5 Å². The zero-order valence-electron chi connectivity index (χ0n) is 5.14. The molecule has 0 aromatic rings. The van der Waals surface area contributed by atoms with Crippen molar-refractivity contribution in [1.82, 2.24) is 0 Å². The standard InChI is InChI=1S/C5H5Cl2N2Si/c6-10(7)2-1-5(3-8)4-9/h5H,1-2H2. The SMILES string of the molecule is N#CC(C#N)CC[Si](Cl)Cl. The van der Waals surface area contributed by atoms with Crippen LogP contribution in [0.3, 0.4) is 0 Å². The Morgan fingerprint density at radius 1 is 1.30 bits per heavy atom. The van der Waals surface area contributed by atoms with Gasteiger partial charge in [0, 0.05) is 0 Å². The molecule has 0 spiro atoms. The highest BCUT2D eigenvalue weighted by molar-refractivity contribution is 7.33. The van der Waals surface area contributed by atoms with Crippen LogP contribution >= 0.6 is 22.2 Å². The van der Waals surface area contributed by atoms with Crippen molar-refractivity contribution in [2.75, 3.05) is 0 Å². The quantitative estimate of drug-likeness (QED) is 0.507. The normalized spacial score (nSPS) is 9.40. The molecule has 10 heavy (non-hydrogen) atoms. The van der Waals surface area contributed by atoms with Crippen LogP contribution < -0.4 is 0 Å². The lowest BCUT2D eigenvalue weighted by Gasteiger charge is -1.96. The molecule has 0 atom stereocenters. The molecule has 1 radical (unpaired) electrons. The van der Waals surface area contributed by atoms with Gasteiger partial charge in [0.05, 0.1) is 12.1 Å². The van der Waals surface area contributed by atoms with Crippen molar-refractivity contribution in [3.05, 3.63) is 0 Å². The summed E-state index contributed by atoms with van der Waals surface area (Å²) in [6.07, 6.45) is 0.494. The van der Waals surface area contributed by atoms with Gasteiger partial charge in [-0.2, -0.15) is 10.5 Å². The first-order valence-corrected chi connectivity index (χ1v) is 6.40. The second-order valence-electron chi connectivity index (χ2n) is 1.69. The van der Waals surface area contributed by atoms with Crippen LogP contribution in [0.1, 0.15) is 6.42 Å². The Kier molecular flexibility index (Phi) is 5.43. The number of rotatable bonds is 3. The minimum absolute atomic E-state index is 0.494. The predicted octanol–water partition coefficient (Wildman–Crippen LogP) is 2.01. The lowest BCUT2D eigenvalue weighted by Crippen LogP contribution is -1.98. The molecule has 0 bridgehead atoms. The van der Waals surface area contributed by atoms with Gasteiger partial charge in [-0.25, -0.2) is 0 Å². The van der Waals surface area contributed by atoms with Gasteiger partial charge in [-0.05, 0) is 12.5 Å². The van der Waals surface area contributed by atoms with Gasteiger partial charge in [-0.15, -0.1) is 22.2 Å². The summed E-state index contributed by atoms with van der Waals surface area (Å²) in [5.41, 5.74) is 0. The predicted molar refractivity (Wildman–Crippen MR) is 41.6 cm³/mol. The molecule has 5 heteroatoms. The fraction of sp³-hybridized carbons (Fsp3) is 0.600. The smallest absolute Gasteiger partial charge is 0.197 e. The van der Waals surface area contributed by atoms with E-state index in [1.165, 1.54) is 0 Å². The Balaban J connectivity index is 3.51. The minimum atomic E-state index is -1.31. The molecule has 0 saturated heterocycles. The third-order valence-electron chi connectivity index (χ3n) is 0.934. The topological polar surface area (TPSA) is 47.6 Å². The van der Waals surface area contributed by atoms with Gasteiger partial charge >= 0.3 is 0 Å². The van der Waals surface area contributed by atoms with Crippen molar-refractivity contribution in [3.8, 4) is 12.1 Å². The number of nitriles is 2. The number of halogens is 2. The largest absolute Gasteiger partial charge is 0.273 e. The van der Waals surface area contributed by atoms with E-state index >= 15 is 0 Å². The van der Waals surface area contributed by atoms with Crippen LogP contribution in [0.5, 0.6) is 0 Å². The highest BCUT2D eigenvalue weighted by Gasteiger charge is 2.09. The van der Waals surface area contributed by atoms with E-state index in [4.69, 9.17) is 32.7 Å². The van der Waals surface area contributed by atoms with Gasteiger partial charge in [0.1, 0.15) is 5.92 Å². The maximum Gasteiger partial charge on any atom is 0.273 e. The van der Waals surface area contributed by atoms with E-state index in [2.05, 4.69) is 0 Å². The van der Waals surface area contributed by atoms with Crippen molar-refractivity contribution in [3.63, 3.8) is 0 Å². The van der Waals surface area contributed by atoms with Crippen LogP contribution in [0.15, 0.2) is 0 Å². The van der Waals surface area contributed by atoms with Gasteiger partial charge in [0.15, 0.2) is 0 Å². The lowest BCUT2D eigenvalue weighted by atomic mass is 10.1. The summed E-state index contributed by atoms with van der Waals surface area (Å²) in [7, 11) is -1.31. The Morgan fingerprint density at radius 3 is 2.10 bits per heavy atom. The Labute approximate surface area is 71.0 Å². The molecule has 0 aromatic heterocycles. The molecular formula is C5H5Cl2N2Si. The Bertz CT molecular complexity index is 155. The average molecular weight is 192 g/mol. The summed E-state index contributed by atoms with van der Waals surface area (Å²) in [5.74, 6) is -0.544. The lowest BCUT2D eigenvalue weighted by molar-refractivity contribution is 0.799. The van der Waals surface area contributed by atoms with Crippen LogP contribution in [-0.2, 0) is 0 Å². The first-order chi connectivity index (χ1) is 4.70. The highest BCUT2D eigenvalue weighted by Crippen LogP contribution is 2.11. The third-order valence-corrected chi connectivity index (χ3v) is 2.73. The summed E-state index contributed by atoms with van der Waals surface area (Å²) in [6, 6.07) is 4.29. The van der Waals surface area contributed by atoms with Gasteiger partial charge in [-0.1, -0.05) is 0 Å². The van der Waals surface area contributed by atoms with Crippen LogP contribution in [0, 0.1) is 28.6 Å². The first-order valence-electron chi connectivity index (χ1n) is 2.66. The molecule has 0 aromatic carbocycles. The van der Waals surface area contributed by atoms with Gasteiger partial charge in [0.2, 0.25) is 0 Å². The second kappa shape index (κ2) is 5.55. The first kappa shape index (κ1) is 9.78. The molecule has 0 N–H and O–H groups in total. The number of hydrogen-bond donors (Lipinski definition) is 0. The van der Waals surface area contributed by atoms with Crippen LogP contribution in [0.2, 0.25) is 6.04 Å². The minimum Gasteiger partial charge on any atom is -0.197 e. The Morgan fingerprint density at radius 2 is 1.80 bits per heavy atom. The van der Waals surface area contributed by atoms with E-state index < -0.39 is 13.3 Å². The third kappa shape index (κ3) is 4.64. The second-order valence-corrected chi connectivity index (χ2v) is 6.18. The molecular weight excluding hydrogens is 187 g/mol. The van der Waals surface area contributed by atoms with Gasteiger partial charge in [-0.3, -0.25) is 0 Å². The molecule has 0 aliphatic rings. The molecule has 2 nitrogen and oxygen atoms in total. The zero-order chi connectivity index (χ0) is 7.98. The van der Waals surface area contributed by atoms with E-state index in [-0.39, 0.29) is 0 Å². The van der Waals surface area contributed by atoms with Gasteiger partial charge < -0.3 is 0 Å². The van der Waals surface area contributed by atoms with E-state index in [1.54, 1.807) is 0 Å². The summed E-state index contributed by atoms with van der Waals surface area (Å²) >= 11 is 11.0. The summed E-state index contributed by atoms with van der Waals surface area (Å²) in [4.78, 5) is 0. The number of hydrogen-bond acceptors (Lipinski definition) is 2. The maximum absolute atomic E-state index is 8.29. The molecule has 0 aliphatic heterocycles. The molecule has 0 saturated carbocycles.